The van der Waals surface area contributed by atoms with Crippen molar-refractivity contribution in [3.63, 3.8) is 0 Å². The Hall–Kier alpha value is -1.55. The molecule has 0 aliphatic rings. The first-order chi connectivity index (χ1) is 7.15. The summed E-state index contributed by atoms with van der Waals surface area (Å²) in [5.41, 5.74) is 0.841. The number of hydrogen-bond donors (Lipinski definition) is 3. The molecular formula is C11H15NO3. The second-order valence-corrected chi connectivity index (χ2v) is 3.52. The number of carbonyl (C=O) groups is 1. The molecule has 4 nitrogen and oxygen atoms in total. The largest absolute Gasteiger partial charge is 0.478 e. The minimum atomic E-state index is -0.949. The summed E-state index contributed by atoms with van der Waals surface area (Å²) in [6, 6.07) is 6.73. The number of rotatable bonds is 5. The summed E-state index contributed by atoms with van der Waals surface area (Å²) in [7, 11) is 0. The molecule has 0 heterocycles. The van der Waals surface area contributed by atoms with Crippen LogP contribution in [0.25, 0.3) is 0 Å². The predicted octanol–water partition coefficient (Wildman–Crippen LogP) is 1.43. The number of hydrogen-bond acceptors (Lipinski definition) is 3. The topological polar surface area (TPSA) is 69.6 Å². The Morgan fingerprint density at radius 3 is 2.73 bits per heavy atom. The van der Waals surface area contributed by atoms with Gasteiger partial charge in [0.25, 0.3) is 0 Å². The van der Waals surface area contributed by atoms with Crippen LogP contribution in [0, 0.1) is 5.92 Å². The SMILES string of the molecule is CC(CO)CNc1ccccc1C(=O)O. The Morgan fingerprint density at radius 1 is 1.47 bits per heavy atom. The number of benzene rings is 1. The fraction of sp³-hybridized carbons (Fsp3) is 0.364. The first kappa shape index (κ1) is 11.5. The van der Waals surface area contributed by atoms with E-state index in [1.165, 1.54) is 0 Å². The summed E-state index contributed by atoms with van der Waals surface area (Å²) < 4.78 is 0. The van der Waals surface area contributed by atoms with Crippen molar-refractivity contribution in [1.82, 2.24) is 0 Å². The van der Waals surface area contributed by atoms with Gasteiger partial charge in [-0.05, 0) is 18.1 Å². The molecule has 0 saturated heterocycles. The Bertz CT molecular complexity index is 338. The third-order valence-corrected chi connectivity index (χ3v) is 2.11. The van der Waals surface area contributed by atoms with Gasteiger partial charge in [0.1, 0.15) is 0 Å². The van der Waals surface area contributed by atoms with E-state index in [1.807, 2.05) is 6.92 Å². The quantitative estimate of drug-likeness (QED) is 0.686. The van der Waals surface area contributed by atoms with Gasteiger partial charge in [0.15, 0.2) is 0 Å². The van der Waals surface area contributed by atoms with E-state index in [9.17, 15) is 4.79 Å². The van der Waals surface area contributed by atoms with Crippen molar-refractivity contribution in [3.8, 4) is 0 Å². The zero-order valence-electron chi connectivity index (χ0n) is 8.60. The molecule has 1 rings (SSSR count). The maximum atomic E-state index is 10.8. The third-order valence-electron chi connectivity index (χ3n) is 2.11. The molecule has 1 aromatic rings. The van der Waals surface area contributed by atoms with E-state index in [2.05, 4.69) is 5.32 Å². The van der Waals surface area contributed by atoms with Crippen molar-refractivity contribution in [3.05, 3.63) is 29.8 Å². The van der Waals surface area contributed by atoms with E-state index in [0.717, 1.165) is 0 Å². The normalized spacial score (nSPS) is 12.1. The van der Waals surface area contributed by atoms with Crippen LogP contribution < -0.4 is 5.32 Å². The predicted molar refractivity (Wildman–Crippen MR) is 58.1 cm³/mol. The van der Waals surface area contributed by atoms with Crippen LogP contribution in [-0.2, 0) is 0 Å². The molecule has 4 heteroatoms. The van der Waals surface area contributed by atoms with Crippen LogP contribution in [0.5, 0.6) is 0 Å². The van der Waals surface area contributed by atoms with E-state index in [4.69, 9.17) is 10.2 Å². The highest BCUT2D eigenvalue weighted by molar-refractivity contribution is 5.94. The number of carboxylic acids is 1. The zero-order valence-corrected chi connectivity index (χ0v) is 8.60. The number of para-hydroxylation sites is 1. The Morgan fingerprint density at radius 2 is 2.13 bits per heavy atom. The number of carboxylic acid groups (broad SMARTS) is 1. The molecule has 0 amide bonds. The number of aliphatic hydroxyl groups is 1. The van der Waals surface area contributed by atoms with Gasteiger partial charge in [-0.2, -0.15) is 0 Å². The van der Waals surface area contributed by atoms with Gasteiger partial charge in [0.05, 0.1) is 5.56 Å². The maximum Gasteiger partial charge on any atom is 0.337 e. The lowest BCUT2D eigenvalue weighted by Crippen LogP contribution is -2.16. The number of aliphatic hydroxyl groups excluding tert-OH is 1. The number of anilines is 1. The van der Waals surface area contributed by atoms with Crippen LogP contribution in [0.2, 0.25) is 0 Å². The molecule has 1 atom stereocenters. The second kappa shape index (κ2) is 5.36. The van der Waals surface area contributed by atoms with Crippen molar-refractivity contribution in [2.75, 3.05) is 18.5 Å². The Labute approximate surface area is 88.6 Å². The lowest BCUT2D eigenvalue weighted by Gasteiger charge is -2.12. The van der Waals surface area contributed by atoms with Crippen molar-refractivity contribution >= 4 is 11.7 Å². The molecule has 82 valence electrons. The van der Waals surface area contributed by atoms with Gasteiger partial charge in [0, 0.05) is 18.8 Å². The molecular weight excluding hydrogens is 194 g/mol. The van der Waals surface area contributed by atoms with Gasteiger partial charge >= 0.3 is 5.97 Å². The van der Waals surface area contributed by atoms with Gasteiger partial charge in [-0.25, -0.2) is 4.79 Å². The molecule has 0 bridgehead atoms. The summed E-state index contributed by atoms with van der Waals surface area (Å²) in [5, 5.41) is 20.7. The highest BCUT2D eigenvalue weighted by Crippen LogP contribution is 2.15. The van der Waals surface area contributed by atoms with E-state index < -0.39 is 5.97 Å². The fourth-order valence-corrected chi connectivity index (χ4v) is 1.17. The summed E-state index contributed by atoms with van der Waals surface area (Å²) in [6.45, 7) is 2.53. The standard InChI is InChI=1S/C11H15NO3/c1-8(7-13)6-12-10-5-3-2-4-9(10)11(14)15/h2-5,8,12-13H,6-7H2,1H3,(H,14,15). The number of nitrogens with one attached hydrogen (secondary N) is 1. The second-order valence-electron chi connectivity index (χ2n) is 3.52. The van der Waals surface area contributed by atoms with Crippen LogP contribution in [0.3, 0.4) is 0 Å². The zero-order chi connectivity index (χ0) is 11.3. The van der Waals surface area contributed by atoms with E-state index in [0.29, 0.717) is 12.2 Å². The summed E-state index contributed by atoms with van der Waals surface area (Å²) in [4.78, 5) is 10.8. The van der Waals surface area contributed by atoms with Crippen LogP contribution in [-0.4, -0.2) is 29.3 Å². The average molecular weight is 209 g/mol. The molecule has 1 unspecified atom stereocenters. The van der Waals surface area contributed by atoms with Crippen molar-refractivity contribution in [2.45, 2.75) is 6.92 Å². The van der Waals surface area contributed by atoms with Gasteiger partial charge in [-0.3, -0.25) is 0 Å². The van der Waals surface area contributed by atoms with Crippen LogP contribution in [0.15, 0.2) is 24.3 Å². The third kappa shape index (κ3) is 3.25. The van der Waals surface area contributed by atoms with Crippen LogP contribution >= 0.6 is 0 Å². The summed E-state index contributed by atoms with van der Waals surface area (Å²) in [5.74, 6) is -0.846. The summed E-state index contributed by atoms with van der Waals surface area (Å²) >= 11 is 0. The van der Waals surface area contributed by atoms with E-state index >= 15 is 0 Å². The lowest BCUT2D eigenvalue weighted by molar-refractivity contribution is 0.0698. The maximum absolute atomic E-state index is 10.8. The average Bonchev–Trinajstić information content (AvgIpc) is 2.26. The Balaban J connectivity index is 2.72. The highest BCUT2D eigenvalue weighted by atomic mass is 16.4. The van der Waals surface area contributed by atoms with Gasteiger partial charge < -0.3 is 15.5 Å². The van der Waals surface area contributed by atoms with Gasteiger partial charge in [0.2, 0.25) is 0 Å². The van der Waals surface area contributed by atoms with Crippen molar-refractivity contribution in [1.29, 1.82) is 0 Å². The van der Waals surface area contributed by atoms with Crippen LogP contribution in [0.4, 0.5) is 5.69 Å². The lowest BCUT2D eigenvalue weighted by atomic mass is 10.1. The van der Waals surface area contributed by atoms with Crippen molar-refractivity contribution < 1.29 is 15.0 Å². The van der Waals surface area contributed by atoms with Gasteiger partial charge in [-0.15, -0.1) is 0 Å². The molecule has 0 aromatic heterocycles. The summed E-state index contributed by atoms with van der Waals surface area (Å²) in [6.07, 6.45) is 0. The molecule has 1 aromatic carbocycles. The Kier molecular flexibility index (Phi) is 4.12. The van der Waals surface area contributed by atoms with Crippen molar-refractivity contribution in [2.24, 2.45) is 5.92 Å². The first-order valence-electron chi connectivity index (χ1n) is 4.82. The molecule has 0 radical (unpaired) electrons. The van der Waals surface area contributed by atoms with Gasteiger partial charge in [-0.1, -0.05) is 19.1 Å². The van der Waals surface area contributed by atoms with Crippen LogP contribution in [0.1, 0.15) is 17.3 Å². The number of aromatic carboxylic acids is 1. The molecule has 0 spiro atoms. The molecule has 3 N–H and O–H groups in total. The molecule has 0 aliphatic heterocycles. The minimum absolute atomic E-state index is 0.0856. The fourth-order valence-electron chi connectivity index (χ4n) is 1.17. The molecule has 0 saturated carbocycles. The van der Waals surface area contributed by atoms with E-state index in [-0.39, 0.29) is 18.1 Å². The van der Waals surface area contributed by atoms with E-state index in [1.54, 1.807) is 24.3 Å². The molecule has 15 heavy (non-hydrogen) atoms. The molecule has 0 fully saturated rings. The highest BCUT2D eigenvalue weighted by Gasteiger charge is 2.09. The smallest absolute Gasteiger partial charge is 0.337 e. The first-order valence-corrected chi connectivity index (χ1v) is 4.82. The monoisotopic (exact) mass is 209 g/mol. The minimum Gasteiger partial charge on any atom is -0.478 e. The molecule has 0 aliphatic carbocycles.